The molecule has 0 radical (unpaired) electrons. The van der Waals surface area contributed by atoms with Crippen LogP contribution in [0.25, 0.3) is 0 Å². The van der Waals surface area contributed by atoms with Crippen LogP contribution >= 0.6 is 11.6 Å². The number of Topliss-reactive ketones (excluding diaryl/α,β-unsaturated/α-hetero) is 1. The smallest absolute Gasteiger partial charge is 0.191 e. The Bertz CT molecular complexity index is 388. The zero-order valence-electron chi connectivity index (χ0n) is 8.98. The van der Waals surface area contributed by atoms with E-state index in [1.165, 1.54) is 0 Å². The first kappa shape index (κ1) is 11.6. The Morgan fingerprint density at radius 2 is 2.44 bits per heavy atom. The number of rotatable bonds is 5. The van der Waals surface area contributed by atoms with Crippen LogP contribution in [0.15, 0.2) is 24.3 Å². The van der Waals surface area contributed by atoms with Crippen LogP contribution in [0.5, 0.6) is 0 Å². The first-order chi connectivity index (χ1) is 7.66. The molecule has 16 heavy (non-hydrogen) atoms. The number of hydrogen-bond donors (Lipinski definition) is 0. The van der Waals surface area contributed by atoms with Crippen molar-refractivity contribution in [1.29, 1.82) is 0 Å². The molecule has 1 heterocycles. The van der Waals surface area contributed by atoms with Gasteiger partial charge in [-0.25, -0.2) is 0 Å². The second-order valence-electron chi connectivity index (χ2n) is 3.81. The van der Waals surface area contributed by atoms with Gasteiger partial charge in [0.05, 0.1) is 13.2 Å². The second kappa shape index (κ2) is 4.95. The third-order valence-corrected chi connectivity index (χ3v) is 2.65. The molecule has 2 unspecified atom stereocenters. The Kier molecular flexibility index (Phi) is 3.59. The quantitative estimate of drug-likeness (QED) is 0.586. The number of carbonyl (C=O) groups excluding carboxylic acids is 1. The minimum Gasteiger partial charge on any atom is -0.371 e. The molecule has 1 aliphatic rings. The summed E-state index contributed by atoms with van der Waals surface area (Å²) in [5.41, 5.74) is 0.580. The van der Waals surface area contributed by atoms with Crippen LogP contribution in [0.3, 0.4) is 0 Å². The zero-order chi connectivity index (χ0) is 11.5. The summed E-state index contributed by atoms with van der Waals surface area (Å²) in [6.45, 7) is 2.96. The largest absolute Gasteiger partial charge is 0.371 e. The molecule has 1 aliphatic heterocycles. The second-order valence-corrected chi connectivity index (χ2v) is 4.24. The molecular weight excluding hydrogens is 228 g/mol. The van der Waals surface area contributed by atoms with E-state index in [2.05, 4.69) is 0 Å². The van der Waals surface area contributed by atoms with Gasteiger partial charge in [-0.3, -0.25) is 4.79 Å². The van der Waals surface area contributed by atoms with Gasteiger partial charge >= 0.3 is 0 Å². The number of epoxide rings is 1. The van der Waals surface area contributed by atoms with E-state index in [0.717, 1.165) is 6.61 Å². The van der Waals surface area contributed by atoms with Crippen molar-refractivity contribution in [2.24, 2.45) is 0 Å². The molecule has 0 N–H and O–H groups in total. The summed E-state index contributed by atoms with van der Waals surface area (Å²) in [6.07, 6.45) is -0.280. The fourth-order valence-electron chi connectivity index (χ4n) is 1.37. The lowest BCUT2D eigenvalue weighted by atomic mass is 10.1. The van der Waals surface area contributed by atoms with Crippen LogP contribution in [0.4, 0.5) is 0 Å². The molecular formula is C12H13ClO3. The van der Waals surface area contributed by atoms with Crippen molar-refractivity contribution >= 4 is 17.4 Å². The van der Waals surface area contributed by atoms with E-state index >= 15 is 0 Å². The van der Waals surface area contributed by atoms with Crippen LogP contribution in [-0.2, 0) is 9.47 Å². The molecule has 1 aromatic carbocycles. The summed E-state index contributed by atoms with van der Waals surface area (Å²) in [5.74, 6) is -0.0526. The molecule has 1 saturated heterocycles. The summed E-state index contributed by atoms with van der Waals surface area (Å²) in [6, 6.07) is 6.88. The maximum absolute atomic E-state index is 11.9. The average molecular weight is 241 g/mol. The van der Waals surface area contributed by atoms with Crippen molar-refractivity contribution in [2.75, 3.05) is 13.2 Å². The third kappa shape index (κ3) is 3.04. The first-order valence-corrected chi connectivity index (χ1v) is 5.57. The molecule has 0 saturated carbocycles. The van der Waals surface area contributed by atoms with E-state index in [4.69, 9.17) is 21.1 Å². The summed E-state index contributed by atoms with van der Waals surface area (Å²) < 4.78 is 10.4. The van der Waals surface area contributed by atoms with E-state index in [0.29, 0.717) is 17.2 Å². The Morgan fingerprint density at radius 1 is 1.69 bits per heavy atom. The Balaban J connectivity index is 1.94. The van der Waals surface area contributed by atoms with Crippen LogP contribution in [0.2, 0.25) is 5.02 Å². The van der Waals surface area contributed by atoms with Crippen molar-refractivity contribution in [3.63, 3.8) is 0 Å². The molecule has 86 valence electrons. The van der Waals surface area contributed by atoms with Crippen molar-refractivity contribution < 1.29 is 14.3 Å². The molecule has 4 heteroatoms. The summed E-state index contributed by atoms with van der Waals surface area (Å²) >= 11 is 5.82. The Labute approximate surface area is 99.3 Å². The van der Waals surface area contributed by atoms with E-state index in [1.54, 1.807) is 31.2 Å². The van der Waals surface area contributed by atoms with Crippen LogP contribution in [0.1, 0.15) is 17.3 Å². The van der Waals surface area contributed by atoms with Gasteiger partial charge in [-0.1, -0.05) is 23.7 Å². The molecule has 2 atom stereocenters. The lowest BCUT2D eigenvalue weighted by molar-refractivity contribution is 0.0424. The van der Waals surface area contributed by atoms with Gasteiger partial charge in [-0.05, 0) is 19.1 Å². The summed E-state index contributed by atoms with van der Waals surface area (Å²) in [4.78, 5) is 11.9. The SMILES string of the molecule is CC(OCC1CO1)C(=O)c1cccc(Cl)c1. The van der Waals surface area contributed by atoms with Gasteiger partial charge in [0.15, 0.2) is 5.78 Å². The maximum Gasteiger partial charge on any atom is 0.191 e. The molecule has 0 bridgehead atoms. The van der Waals surface area contributed by atoms with Crippen LogP contribution in [0, 0.1) is 0 Å². The predicted octanol–water partition coefficient (Wildman–Crippen LogP) is 2.33. The number of ketones is 1. The number of ether oxygens (including phenoxy) is 2. The van der Waals surface area contributed by atoms with Gasteiger partial charge in [0, 0.05) is 10.6 Å². The maximum atomic E-state index is 11.9. The van der Waals surface area contributed by atoms with E-state index in [-0.39, 0.29) is 11.9 Å². The van der Waals surface area contributed by atoms with E-state index in [1.807, 2.05) is 0 Å². The fraction of sp³-hybridized carbons (Fsp3) is 0.417. The highest BCUT2D eigenvalue weighted by molar-refractivity contribution is 6.31. The zero-order valence-corrected chi connectivity index (χ0v) is 9.74. The molecule has 3 nitrogen and oxygen atoms in total. The molecule has 0 aliphatic carbocycles. The van der Waals surface area contributed by atoms with Gasteiger partial charge in [-0.15, -0.1) is 0 Å². The minimum absolute atomic E-state index is 0.0526. The highest BCUT2D eigenvalue weighted by Gasteiger charge is 2.25. The van der Waals surface area contributed by atoms with E-state index in [9.17, 15) is 4.79 Å². The molecule has 0 amide bonds. The summed E-state index contributed by atoms with van der Waals surface area (Å²) in [5, 5.41) is 0.559. The van der Waals surface area contributed by atoms with Crippen LogP contribution in [-0.4, -0.2) is 31.2 Å². The van der Waals surface area contributed by atoms with Crippen molar-refractivity contribution in [1.82, 2.24) is 0 Å². The molecule has 2 rings (SSSR count). The normalized spacial score (nSPS) is 20.5. The lowest BCUT2D eigenvalue weighted by Gasteiger charge is -2.11. The standard InChI is InChI=1S/C12H13ClO3/c1-8(15-6-11-7-16-11)12(14)9-3-2-4-10(13)5-9/h2-5,8,11H,6-7H2,1H3. The van der Waals surface area contributed by atoms with Crippen molar-refractivity contribution in [2.45, 2.75) is 19.1 Å². The highest BCUT2D eigenvalue weighted by atomic mass is 35.5. The Hall–Kier alpha value is -0.900. The monoisotopic (exact) mass is 240 g/mol. The molecule has 0 spiro atoms. The van der Waals surface area contributed by atoms with E-state index < -0.39 is 6.10 Å². The van der Waals surface area contributed by atoms with Gasteiger partial charge in [0.1, 0.15) is 12.2 Å². The number of hydrogen-bond acceptors (Lipinski definition) is 3. The van der Waals surface area contributed by atoms with Crippen molar-refractivity contribution in [3.8, 4) is 0 Å². The topological polar surface area (TPSA) is 38.8 Å². The van der Waals surface area contributed by atoms with Gasteiger partial charge < -0.3 is 9.47 Å². The molecule has 0 aromatic heterocycles. The Morgan fingerprint density at radius 3 is 3.06 bits per heavy atom. The third-order valence-electron chi connectivity index (χ3n) is 2.41. The number of benzene rings is 1. The van der Waals surface area contributed by atoms with Gasteiger partial charge in [0.2, 0.25) is 0 Å². The predicted molar refractivity (Wildman–Crippen MR) is 60.9 cm³/mol. The molecule has 1 aromatic rings. The van der Waals surface area contributed by atoms with Crippen LogP contribution < -0.4 is 0 Å². The number of carbonyl (C=O) groups is 1. The number of halogens is 1. The average Bonchev–Trinajstić information content (AvgIpc) is 3.08. The van der Waals surface area contributed by atoms with Crippen molar-refractivity contribution in [3.05, 3.63) is 34.9 Å². The van der Waals surface area contributed by atoms with Gasteiger partial charge in [0.25, 0.3) is 0 Å². The lowest BCUT2D eigenvalue weighted by Crippen LogP contribution is -2.22. The summed E-state index contributed by atoms with van der Waals surface area (Å²) in [7, 11) is 0. The molecule has 1 fully saturated rings. The van der Waals surface area contributed by atoms with Gasteiger partial charge in [-0.2, -0.15) is 0 Å². The first-order valence-electron chi connectivity index (χ1n) is 5.20. The highest BCUT2D eigenvalue weighted by Crippen LogP contribution is 2.15. The minimum atomic E-state index is -0.456. The fourth-order valence-corrected chi connectivity index (χ4v) is 1.56.